The van der Waals surface area contributed by atoms with E-state index in [9.17, 15) is 9.90 Å². The summed E-state index contributed by atoms with van der Waals surface area (Å²) in [5.41, 5.74) is -1.02. The van der Waals surface area contributed by atoms with Gasteiger partial charge in [0.2, 0.25) is 11.2 Å². The van der Waals surface area contributed by atoms with Crippen molar-refractivity contribution in [3.8, 4) is 6.01 Å². The highest BCUT2D eigenvalue weighted by atomic mass is 35.5. The van der Waals surface area contributed by atoms with Crippen molar-refractivity contribution in [2.24, 2.45) is 0 Å². The fraction of sp³-hybridized carbons (Fsp3) is 0.600. The normalized spacial score (nSPS) is 17.4. The van der Waals surface area contributed by atoms with Crippen molar-refractivity contribution in [2.45, 2.75) is 31.2 Å². The summed E-state index contributed by atoms with van der Waals surface area (Å²) in [5.74, 6) is -0.786. The third-order valence-electron chi connectivity index (χ3n) is 2.99. The molecule has 0 radical (unpaired) electrons. The topological polar surface area (TPSA) is 97.2 Å². The maximum Gasteiger partial charge on any atom is 0.329 e. The molecule has 1 aromatic rings. The zero-order valence-corrected chi connectivity index (χ0v) is 10.6. The quantitative estimate of drug-likeness (QED) is 0.853. The highest BCUT2D eigenvalue weighted by Crippen LogP contribution is 2.32. The van der Waals surface area contributed by atoms with Gasteiger partial charge in [-0.15, -0.1) is 0 Å². The Labute approximate surface area is 109 Å². The summed E-state index contributed by atoms with van der Waals surface area (Å²) < 4.78 is 4.86. The number of carboxylic acids is 1. The predicted octanol–water partition coefficient (Wildman–Crippen LogP) is 1.34. The predicted molar refractivity (Wildman–Crippen MR) is 63.8 cm³/mol. The lowest BCUT2D eigenvalue weighted by molar-refractivity contribution is -0.142. The van der Waals surface area contributed by atoms with Crippen LogP contribution in [0.25, 0.3) is 0 Å². The molecular formula is C10H13ClN4O3. The number of ether oxygens (including phenoxy) is 1. The third kappa shape index (κ3) is 2.45. The molecule has 0 aliphatic heterocycles. The Morgan fingerprint density at radius 3 is 2.61 bits per heavy atom. The Hall–Kier alpha value is -1.63. The van der Waals surface area contributed by atoms with Gasteiger partial charge in [0.1, 0.15) is 5.54 Å². The molecule has 0 saturated heterocycles. The number of anilines is 1. The van der Waals surface area contributed by atoms with Gasteiger partial charge in [-0.1, -0.05) is 12.8 Å². The summed E-state index contributed by atoms with van der Waals surface area (Å²) in [5, 5.41) is 12.1. The van der Waals surface area contributed by atoms with Crippen LogP contribution in [0.4, 0.5) is 5.95 Å². The first kappa shape index (κ1) is 12.8. The molecule has 1 heterocycles. The molecule has 0 aromatic carbocycles. The highest BCUT2D eigenvalue weighted by molar-refractivity contribution is 6.28. The van der Waals surface area contributed by atoms with Crippen molar-refractivity contribution in [3.05, 3.63) is 5.28 Å². The second-order valence-electron chi connectivity index (χ2n) is 4.13. The van der Waals surface area contributed by atoms with Crippen LogP contribution in [0.15, 0.2) is 0 Å². The Balaban J connectivity index is 2.26. The van der Waals surface area contributed by atoms with E-state index >= 15 is 0 Å². The fourth-order valence-corrected chi connectivity index (χ4v) is 2.22. The van der Waals surface area contributed by atoms with Crippen molar-refractivity contribution >= 4 is 23.5 Å². The largest absolute Gasteiger partial charge is 0.480 e. The highest BCUT2D eigenvalue weighted by Gasteiger charge is 2.42. The molecule has 2 N–H and O–H groups in total. The Morgan fingerprint density at radius 1 is 1.39 bits per heavy atom. The summed E-state index contributed by atoms with van der Waals surface area (Å²) in [4.78, 5) is 22.9. The maximum absolute atomic E-state index is 11.4. The number of halogens is 1. The maximum atomic E-state index is 11.4. The Morgan fingerprint density at radius 2 is 2.06 bits per heavy atom. The molecule has 1 aromatic heterocycles. The van der Waals surface area contributed by atoms with E-state index in [0.717, 1.165) is 12.8 Å². The van der Waals surface area contributed by atoms with Crippen LogP contribution in [-0.2, 0) is 4.79 Å². The van der Waals surface area contributed by atoms with Gasteiger partial charge in [0.25, 0.3) is 0 Å². The molecule has 0 amide bonds. The number of hydrogen-bond acceptors (Lipinski definition) is 6. The Kier molecular flexibility index (Phi) is 3.51. The fourth-order valence-electron chi connectivity index (χ4n) is 2.06. The van der Waals surface area contributed by atoms with Crippen molar-refractivity contribution in [1.29, 1.82) is 0 Å². The second-order valence-corrected chi connectivity index (χ2v) is 4.47. The van der Waals surface area contributed by atoms with Gasteiger partial charge in [0, 0.05) is 0 Å². The summed E-state index contributed by atoms with van der Waals surface area (Å²) in [6, 6.07) is 0.0519. The summed E-state index contributed by atoms with van der Waals surface area (Å²) in [7, 11) is 1.40. The van der Waals surface area contributed by atoms with E-state index in [2.05, 4.69) is 20.3 Å². The zero-order chi connectivity index (χ0) is 13.2. The molecule has 1 aliphatic rings. The molecule has 7 nitrogen and oxygen atoms in total. The minimum atomic E-state index is -1.02. The average Bonchev–Trinajstić information content (AvgIpc) is 2.78. The van der Waals surface area contributed by atoms with E-state index < -0.39 is 11.5 Å². The molecule has 8 heteroatoms. The average molecular weight is 273 g/mol. The summed E-state index contributed by atoms with van der Waals surface area (Å²) in [6.07, 6.45) is 2.78. The number of aliphatic carboxylic acids is 1. The molecule has 0 unspecified atom stereocenters. The molecule has 1 fully saturated rings. The molecule has 1 aliphatic carbocycles. The van der Waals surface area contributed by atoms with Crippen LogP contribution >= 0.6 is 11.6 Å². The van der Waals surface area contributed by atoms with Gasteiger partial charge in [-0.3, -0.25) is 0 Å². The first-order chi connectivity index (χ1) is 8.55. The van der Waals surface area contributed by atoms with E-state index in [1.165, 1.54) is 7.11 Å². The standard InChI is InChI=1S/C10H13ClN4O3/c1-18-9-13-7(11)12-8(14-9)15-10(6(16)17)4-2-3-5-10/h2-5H2,1H3,(H,16,17)(H,12,13,14,15). The number of rotatable bonds is 4. The van der Waals surface area contributed by atoms with Crippen LogP contribution < -0.4 is 10.1 Å². The lowest BCUT2D eigenvalue weighted by atomic mass is 9.98. The van der Waals surface area contributed by atoms with E-state index in [-0.39, 0.29) is 17.2 Å². The van der Waals surface area contributed by atoms with Crippen molar-refractivity contribution < 1.29 is 14.6 Å². The Bertz CT molecular complexity index is 462. The van der Waals surface area contributed by atoms with E-state index in [1.807, 2.05) is 0 Å². The van der Waals surface area contributed by atoms with Crippen molar-refractivity contribution in [2.75, 3.05) is 12.4 Å². The van der Waals surface area contributed by atoms with Crippen LogP contribution in [0, 0.1) is 0 Å². The molecule has 0 spiro atoms. The number of aromatic nitrogens is 3. The molecule has 0 bridgehead atoms. The smallest absolute Gasteiger partial charge is 0.329 e. The number of carbonyl (C=O) groups is 1. The molecular weight excluding hydrogens is 260 g/mol. The lowest BCUT2D eigenvalue weighted by Gasteiger charge is -2.25. The van der Waals surface area contributed by atoms with Gasteiger partial charge >= 0.3 is 12.0 Å². The van der Waals surface area contributed by atoms with Gasteiger partial charge in [0.05, 0.1) is 7.11 Å². The van der Waals surface area contributed by atoms with Crippen LogP contribution in [0.3, 0.4) is 0 Å². The monoisotopic (exact) mass is 272 g/mol. The van der Waals surface area contributed by atoms with Crippen LogP contribution in [0.5, 0.6) is 6.01 Å². The SMILES string of the molecule is COc1nc(Cl)nc(NC2(C(=O)O)CCCC2)n1. The van der Waals surface area contributed by atoms with Crippen LogP contribution in [-0.4, -0.2) is 38.7 Å². The van der Waals surface area contributed by atoms with Crippen LogP contribution in [0.1, 0.15) is 25.7 Å². The first-order valence-corrected chi connectivity index (χ1v) is 5.91. The van der Waals surface area contributed by atoms with E-state index in [4.69, 9.17) is 16.3 Å². The van der Waals surface area contributed by atoms with E-state index in [1.54, 1.807) is 0 Å². The van der Waals surface area contributed by atoms with Crippen molar-refractivity contribution in [1.82, 2.24) is 15.0 Å². The minimum absolute atomic E-state index is 0.0390. The van der Waals surface area contributed by atoms with Crippen molar-refractivity contribution in [3.63, 3.8) is 0 Å². The zero-order valence-electron chi connectivity index (χ0n) is 9.81. The number of nitrogens with zero attached hydrogens (tertiary/aromatic N) is 3. The van der Waals surface area contributed by atoms with Gasteiger partial charge in [-0.2, -0.15) is 15.0 Å². The van der Waals surface area contributed by atoms with Gasteiger partial charge in [0.15, 0.2) is 0 Å². The van der Waals surface area contributed by atoms with E-state index in [0.29, 0.717) is 12.8 Å². The number of hydrogen-bond donors (Lipinski definition) is 2. The molecule has 18 heavy (non-hydrogen) atoms. The van der Waals surface area contributed by atoms with Gasteiger partial charge in [-0.25, -0.2) is 4.79 Å². The molecule has 2 rings (SSSR count). The first-order valence-electron chi connectivity index (χ1n) is 5.53. The van der Waals surface area contributed by atoms with Gasteiger partial charge < -0.3 is 15.2 Å². The third-order valence-corrected chi connectivity index (χ3v) is 3.16. The van der Waals surface area contributed by atoms with Gasteiger partial charge in [-0.05, 0) is 24.4 Å². The molecule has 1 saturated carbocycles. The molecule has 98 valence electrons. The summed E-state index contributed by atoms with van der Waals surface area (Å²) in [6.45, 7) is 0. The summed E-state index contributed by atoms with van der Waals surface area (Å²) >= 11 is 5.71. The minimum Gasteiger partial charge on any atom is -0.480 e. The lowest BCUT2D eigenvalue weighted by Crippen LogP contribution is -2.44. The number of nitrogens with one attached hydrogen (secondary N) is 1. The molecule has 0 atom stereocenters. The number of methoxy groups -OCH3 is 1. The second kappa shape index (κ2) is 4.93. The van der Waals surface area contributed by atoms with Crippen LogP contribution in [0.2, 0.25) is 5.28 Å². The number of carboxylic acid groups (broad SMARTS) is 1.